The van der Waals surface area contributed by atoms with Gasteiger partial charge >= 0.3 is 0 Å². The van der Waals surface area contributed by atoms with E-state index in [9.17, 15) is 10.2 Å². The van der Waals surface area contributed by atoms with Gasteiger partial charge in [0, 0.05) is 23.3 Å². The molecule has 0 amide bonds. The van der Waals surface area contributed by atoms with Crippen LogP contribution in [0.1, 0.15) is 11.1 Å². The maximum Gasteiger partial charge on any atom is 0.193 e. The SMILES string of the molecule is Oc1ccc2c(c1)OS1=C2c2ccc(O)cc2O1. The Morgan fingerprint density at radius 2 is 1.28 bits per heavy atom. The zero-order valence-electron chi connectivity index (χ0n) is 9.08. The van der Waals surface area contributed by atoms with E-state index in [-0.39, 0.29) is 11.5 Å². The summed E-state index contributed by atoms with van der Waals surface area (Å²) >= 11 is -0.783. The number of phenols is 2. The Morgan fingerprint density at radius 3 is 1.78 bits per heavy atom. The molecule has 0 atom stereocenters. The van der Waals surface area contributed by atoms with Gasteiger partial charge in [-0.15, -0.1) is 0 Å². The summed E-state index contributed by atoms with van der Waals surface area (Å²) in [5.74, 6) is 1.61. The third-order valence-electron chi connectivity index (χ3n) is 2.92. The molecular formula is C13H8O4S. The van der Waals surface area contributed by atoms with Crippen molar-refractivity contribution in [3.05, 3.63) is 47.5 Å². The van der Waals surface area contributed by atoms with E-state index in [0.717, 1.165) is 16.0 Å². The van der Waals surface area contributed by atoms with Crippen LogP contribution in [0.25, 0.3) is 0 Å². The molecule has 4 nitrogen and oxygen atoms in total. The van der Waals surface area contributed by atoms with Crippen molar-refractivity contribution < 1.29 is 18.6 Å². The number of hydrogen-bond donors (Lipinski definition) is 2. The van der Waals surface area contributed by atoms with Crippen molar-refractivity contribution in [2.45, 2.75) is 0 Å². The van der Waals surface area contributed by atoms with Crippen molar-refractivity contribution in [3.8, 4) is 23.0 Å². The molecule has 4 rings (SSSR count). The average molecular weight is 260 g/mol. The molecule has 0 aromatic heterocycles. The highest BCUT2D eigenvalue weighted by Crippen LogP contribution is 2.48. The van der Waals surface area contributed by atoms with E-state index in [1.54, 1.807) is 24.3 Å². The monoisotopic (exact) mass is 260 g/mol. The lowest BCUT2D eigenvalue weighted by Crippen LogP contribution is -1.95. The summed E-state index contributed by atoms with van der Waals surface area (Å²) in [7, 11) is 0. The van der Waals surface area contributed by atoms with Crippen LogP contribution in [0.15, 0.2) is 36.4 Å². The standard InChI is InChI=1S/C13H8O4S/c14-7-1-3-9-11(5-7)16-18-13(9)10-4-2-8(15)6-12(10)17-18/h1-6,14-15H. The number of fused-ring (bicyclic) bond motifs is 4. The summed E-state index contributed by atoms with van der Waals surface area (Å²) in [6.07, 6.45) is 0. The second-order valence-corrected chi connectivity index (χ2v) is 5.30. The molecule has 2 aromatic rings. The van der Waals surface area contributed by atoms with Crippen LogP contribution in [0, 0.1) is 0 Å². The summed E-state index contributed by atoms with van der Waals surface area (Å²) in [4.78, 5) is 0.972. The van der Waals surface area contributed by atoms with E-state index in [2.05, 4.69) is 0 Å². The van der Waals surface area contributed by atoms with Crippen LogP contribution < -0.4 is 8.37 Å². The van der Waals surface area contributed by atoms with Crippen LogP contribution in [-0.4, -0.2) is 15.1 Å². The van der Waals surface area contributed by atoms with Crippen molar-refractivity contribution >= 4 is 15.9 Å². The summed E-state index contributed by atoms with van der Waals surface area (Å²) in [6, 6.07) is 10.0. The van der Waals surface area contributed by atoms with Crippen LogP contribution in [-0.2, 0) is 0 Å². The Balaban J connectivity index is 1.92. The number of hydrogen-bond acceptors (Lipinski definition) is 4. The van der Waals surface area contributed by atoms with Crippen molar-refractivity contribution in [1.82, 2.24) is 0 Å². The molecule has 0 spiro atoms. The molecule has 0 unspecified atom stereocenters. The van der Waals surface area contributed by atoms with Crippen LogP contribution in [0.2, 0.25) is 0 Å². The normalized spacial score (nSPS) is 15.7. The third kappa shape index (κ3) is 1.19. The van der Waals surface area contributed by atoms with Gasteiger partial charge in [-0.2, -0.15) is 0 Å². The zero-order valence-corrected chi connectivity index (χ0v) is 9.90. The van der Waals surface area contributed by atoms with E-state index in [0.29, 0.717) is 11.5 Å². The average Bonchev–Trinajstić information content (AvgIpc) is 2.82. The van der Waals surface area contributed by atoms with Crippen LogP contribution >= 0.6 is 11.0 Å². The minimum absolute atomic E-state index is 0.171. The molecule has 90 valence electrons. The predicted octanol–water partition coefficient (Wildman–Crippen LogP) is 2.55. The summed E-state index contributed by atoms with van der Waals surface area (Å²) in [6.45, 7) is 0. The van der Waals surface area contributed by atoms with Crippen molar-refractivity contribution in [2.24, 2.45) is 0 Å². The van der Waals surface area contributed by atoms with E-state index < -0.39 is 11.0 Å². The third-order valence-corrected chi connectivity index (χ3v) is 4.35. The summed E-state index contributed by atoms with van der Waals surface area (Å²) in [5, 5.41) is 18.9. The molecule has 2 heterocycles. The van der Waals surface area contributed by atoms with Gasteiger partial charge in [-0.1, -0.05) is 0 Å². The lowest BCUT2D eigenvalue weighted by molar-refractivity contribution is 0.468. The molecule has 0 radical (unpaired) electrons. The van der Waals surface area contributed by atoms with Crippen LogP contribution in [0.3, 0.4) is 0 Å². The Labute approximate surface area is 105 Å². The molecule has 2 aliphatic heterocycles. The highest BCUT2D eigenvalue weighted by atomic mass is 32.2. The van der Waals surface area contributed by atoms with E-state index in [1.165, 1.54) is 0 Å². The zero-order chi connectivity index (χ0) is 12.3. The van der Waals surface area contributed by atoms with E-state index >= 15 is 0 Å². The van der Waals surface area contributed by atoms with E-state index in [1.807, 2.05) is 12.1 Å². The lowest BCUT2D eigenvalue weighted by Gasteiger charge is -2.07. The Kier molecular flexibility index (Phi) is 1.75. The van der Waals surface area contributed by atoms with Gasteiger partial charge in [0.05, 0.1) is 4.86 Å². The number of rotatable bonds is 0. The molecule has 5 heteroatoms. The molecule has 0 fully saturated rings. The Bertz CT molecular complexity index is 661. The molecule has 0 saturated carbocycles. The molecular weight excluding hydrogens is 252 g/mol. The Morgan fingerprint density at radius 1 is 0.778 bits per heavy atom. The highest BCUT2D eigenvalue weighted by molar-refractivity contribution is 8.09. The Hall–Kier alpha value is -2.14. The molecule has 2 aromatic carbocycles. The first kappa shape index (κ1) is 9.85. The van der Waals surface area contributed by atoms with Gasteiger partial charge in [-0.25, -0.2) is 0 Å². The van der Waals surface area contributed by atoms with Gasteiger partial charge < -0.3 is 18.6 Å². The van der Waals surface area contributed by atoms with E-state index in [4.69, 9.17) is 8.37 Å². The fourth-order valence-electron chi connectivity index (χ4n) is 2.12. The first-order valence-electron chi connectivity index (χ1n) is 5.37. The quantitative estimate of drug-likeness (QED) is 0.715. The fourth-order valence-corrected chi connectivity index (χ4v) is 3.62. The first-order valence-corrected chi connectivity index (χ1v) is 6.44. The smallest absolute Gasteiger partial charge is 0.193 e. The molecule has 18 heavy (non-hydrogen) atoms. The van der Waals surface area contributed by atoms with Gasteiger partial charge in [-0.05, 0) is 24.3 Å². The van der Waals surface area contributed by atoms with Gasteiger partial charge in [0.15, 0.2) is 22.5 Å². The van der Waals surface area contributed by atoms with Gasteiger partial charge in [-0.3, -0.25) is 0 Å². The second kappa shape index (κ2) is 3.20. The topological polar surface area (TPSA) is 58.9 Å². The molecule has 0 bridgehead atoms. The van der Waals surface area contributed by atoms with Gasteiger partial charge in [0.25, 0.3) is 0 Å². The van der Waals surface area contributed by atoms with Crippen LogP contribution in [0.4, 0.5) is 0 Å². The minimum Gasteiger partial charge on any atom is -0.508 e. The minimum atomic E-state index is -0.783. The second-order valence-electron chi connectivity index (χ2n) is 4.09. The maximum absolute atomic E-state index is 9.43. The largest absolute Gasteiger partial charge is 0.508 e. The fraction of sp³-hybridized carbons (Fsp3) is 0. The number of phenolic OH excluding ortho intramolecular Hbond substituents is 2. The van der Waals surface area contributed by atoms with Crippen molar-refractivity contribution in [3.63, 3.8) is 0 Å². The van der Waals surface area contributed by atoms with Gasteiger partial charge in [0.1, 0.15) is 11.5 Å². The highest BCUT2D eigenvalue weighted by Gasteiger charge is 2.34. The molecule has 2 N–H and O–H groups in total. The van der Waals surface area contributed by atoms with Crippen molar-refractivity contribution in [2.75, 3.05) is 0 Å². The predicted molar refractivity (Wildman–Crippen MR) is 68.3 cm³/mol. The first-order chi connectivity index (χ1) is 8.72. The number of aromatic hydroxyl groups is 2. The lowest BCUT2D eigenvalue weighted by atomic mass is 10.0. The number of benzene rings is 2. The summed E-state index contributed by atoms with van der Waals surface area (Å²) in [5.41, 5.74) is 1.86. The molecule has 2 aliphatic rings. The van der Waals surface area contributed by atoms with Crippen molar-refractivity contribution in [1.29, 1.82) is 0 Å². The summed E-state index contributed by atoms with van der Waals surface area (Å²) < 4.78 is 11.3. The maximum atomic E-state index is 9.43. The van der Waals surface area contributed by atoms with Gasteiger partial charge in [0.2, 0.25) is 0 Å². The molecule has 0 saturated heterocycles. The molecule has 0 aliphatic carbocycles. The van der Waals surface area contributed by atoms with Crippen LogP contribution in [0.5, 0.6) is 23.0 Å².